The van der Waals surface area contributed by atoms with Crippen LogP contribution in [0.4, 0.5) is 10.2 Å². The van der Waals surface area contributed by atoms with Crippen molar-refractivity contribution in [1.82, 2.24) is 19.8 Å². The summed E-state index contributed by atoms with van der Waals surface area (Å²) in [5, 5.41) is 21.4. The maximum atomic E-state index is 14.6. The lowest BCUT2D eigenvalue weighted by Crippen LogP contribution is -2.82. The van der Waals surface area contributed by atoms with E-state index in [1.54, 1.807) is 26.2 Å². The fourth-order valence-electron chi connectivity index (χ4n) is 8.32. The maximum Gasteiger partial charge on any atom is 0.318 e. The zero-order valence-corrected chi connectivity index (χ0v) is 27.9. The fourth-order valence-corrected chi connectivity index (χ4v) is 8.67. The largest absolute Gasteiger partial charge is 0.506 e. The number of carbonyl (C=O) groups excluding carboxylic acids is 1. The molecule has 1 spiro atoms. The average molecular weight is 669 g/mol. The summed E-state index contributed by atoms with van der Waals surface area (Å²) in [5.41, 5.74) is 3.30. The molecule has 5 aliphatic rings. The number of benzene rings is 1. The molecule has 0 saturated carbocycles. The van der Waals surface area contributed by atoms with Crippen LogP contribution >= 0.6 is 11.6 Å². The Morgan fingerprint density at radius 2 is 2.13 bits per heavy atom. The third-order valence-electron chi connectivity index (χ3n) is 10.6. The molecule has 13 heteroatoms. The van der Waals surface area contributed by atoms with Crippen LogP contribution in [0.3, 0.4) is 0 Å². The number of aromatic hydroxyl groups is 1. The Hall–Kier alpha value is -3.32. The molecule has 5 heterocycles. The molecular weight excluding hydrogens is 625 g/mol. The van der Waals surface area contributed by atoms with Gasteiger partial charge in [-0.05, 0) is 50.3 Å². The first-order chi connectivity index (χ1) is 22.6. The molecule has 252 valence electrons. The van der Waals surface area contributed by atoms with Gasteiger partial charge in [0.25, 0.3) is 5.91 Å². The minimum absolute atomic E-state index is 0.0371. The number of alkyl halides is 1. The summed E-state index contributed by atoms with van der Waals surface area (Å²) in [6.45, 7) is 3.87. The molecule has 0 bridgehead atoms. The smallest absolute Gasteiger partial charge is 0.318 e. The van der Waals surface area contributed by atoms with E-state index in [-0.39, 0.29) is 35.5 Å². The highest BCUT2D eigenvalue weighted by Gasteiger charge is 2.50. The molecule has 3 saturated heterocycles. The van der Waals surface area contributed by atoms with E-state index >= 15 is 0 Å². The zero-order chi connectivity index (χ0) is 32.9. The van der Waals surface area contributed by atoms with Gasteiger partial charge in [0.05, 0.1) is 36.0 Å². The highest BCUT2D eigenvalue weighted by molar-refractivity contribution is 6.41. The molecule has 47 heavy (non-hydrogen) atoms. The zero-order valence-electron chi connectivity index (χ0n) is 27.2. The molecule has 1 aromatic carbocycles. The van der Waals surface area contributed by atoms with E-state index in [0.29, 0.717) is 49.9 Å². The van der Waals surface area contributed by atoms with Crippen molar-refractivity contribution in [2.75, 3.05) is 58.3 Å². The van der Waals surface area contributed by atoms with Crippen LogP contribution in [-0.4, -0.2) is 102 Å². The molecule has 0 radical (unpaired) electrons. The summed E-state index contributed by atoms with van der Waals surface area (Å²) in [6, 6.07) is 3.84. The molecule has 7 rings (SSSR count). The number of phenols is 1. The highest BCUT2D eigenvalue weighted by atomic mass is 35.5. The van der Waals surface area contributed by atoms with Crippen molar-refractivity contribution in [2.24, 2.45) is 0 Å². The van der Waals surface area contributed by atoms with Crippen molar-refractivity contribution in [3.8, 4) is 11.8 Å². The van der Waals surface area contributed by atoms with Crippen molar-refractivity contribution in [3.05, 3.63) is 51.3 Å². The van der Waals surface area contributed by atoms with Gasteiger partial charge in [0.1, 0.15) is 41.4 Å². The van der Waals surface area contributed by atoms with Gasteiger partial charge in [-0.3, -0.25) is 15.1 Å². The number of quaternary nitrogens is 1. The number of ether oxygens (including phenoxy) is 2. The lowest BCUT2D eigenvalue weighted by molar-refractivity contribution is -0.604. The third kappa shape index (κ3) is 5.98. The summed E-state index contributed by atoms with van der Waals surface area (Å²) in [7, 11) is 3.28. The van der Waals surface area contributed by atoms with Gasteiger partial charge in [0.15, 0.2) is 0 Å². The number of amides is 1. The van der Waals surface area contributed by atoms with Crippen LogP contribution in [0.1, 0.15) is 60.9 Å². The van der Waals surface area contributed by atoms with Crippen molar-refractivity contribution < 1.29 is 29.1 Å². The van der Waals surface area contributed by atoms with Crippen molar-refractivity contribution in [2.45, 2.75) is 75.3 Å². The SMILES string of the molecule is CN(C)C(=O)C(=N)/C=C1/CN(c2nc(OC[C@@]34CCCN3C[C@H](F)C4)nc3c2COC2(CCCc4ccc(O)c(Cl)c42)C3)CCC[NH2+]1. The Bertz CT molecular complexity index is 1620. The topological polar surface area (TPSA) is 132 Å². The van der Waals surface area contributed by atoms with Gasteiger partial charge in [-0.2, -0.15) is 9.97 Å². The first kappa shape index (κ1) is 32.2. The molecular formula is C34H44ClFN7O4+. The number of phenolic OH excluding ortho intramolecular Hbond substituents is 1. The first-order valence-electron chi connectivity index (χ1n) is 16.7. The summed E-state index contributed by atoms with van der Waals surface area (Å²) >= 11 is 6.76. The highest BCUT2D eigenvalue weighted by Crippen LogP contribution is 2.50. The van der Waals surface area contributed by atoms with E-state index in [1.807, 2.05) is 6.07 Å². The van der Waals surface area contributed by atoms with E-state index < -0.39 is 11.8 Å². The van der Waals surface area contributed by atoms with Crippen LogP contribution in [0.25, 0.3) is 0 Å². The molecule has 1 unspecified atom stereocenters. The quantitative estimate of drug-likeness (QED) is 0.401. The number of aromatic nitrogens is 2. The van der Waals surface area contributed by atoms with E-state index in [0.717, 1.165) is 79.7 Å². The number of nitrogens with two attached hydrogens (primary N) is 1. The first-order valence-corrected chi connectivity index (χ1v) is 17.1. The van der Waals surface area contributed by atoms with Crippen molar-refractivity contribution in [1.29, 1.82) is 5.41 Å². The predicted molar refractivity (Wildman–Crippen MR) is 175 cm³/mol. The third-order valence-corrected chi connectivity index (χ3v) is 11.0. The second kappa shape index (κ2) is 12.6. The molecule has 2 aromatic rings. The summed E-state index contributed by atoms with van der Waals surface area (Å²) in [6.07, 6.45) is 6.96. The number of anilines is 1. The van der Waals surface area contributed by atoms with Crippen LogP contribution in [0, 0.1) is 5.41 Å². The van der Waals surface area contributed by atoms with Crippen LogP contribution in [0.2, 0.25) is 5.02 Å². The Labute approximate surface area is 279 Å². The molecule has 3 fully saturated rings. The number of aryl methyl sites for hydroxylation is 1. The van der Waals surface area contributed by atoms with E-state index in [9.17, 15) is 14.3 Å². The minimum Gasteiger partial charge on any atom is -0.506 e. The van der Waals surface area contributed by atoms with Crippen LogP contribution < -0.4 is 15.0 Å². The lowest BCUT2D eigenvalue weighted by Gasteiger charge is -2.43. The van der Waals surface area contributed by atoms with Gasteiger partial charge in [0.2, 0.25) is 0 Å². The van der Waals surface area contributed by atoms with Crippen LogP contribution in [-0.2, 0) is 34.6 Å². The maximum absolute atomic E-state index is 14.6. The van der Waals surface area contributed by atoms with Gasteiger partial charge >= 0.3 is 6.01 Å². The van der Waals surface area contributed by atoms with Gasteiger partial charge in [0, 0.05) is 63.7 Å². The number of hydrogen-bond donors (Lipinski definition) is 3. The second-order valence-corrected chi connectivity index (χ2v) is 14.3. The minimum atomic E-state index is -0.861. The fraction of sp³-hybridized carbons (Fsp3) is 0.588. The Kier molecular flexibility index (Phi) is 8.65. The Morgan fingerprint density at radius 1 is 1.28 bits per heavy atom. The summed E-state index contributed by atoms with van der Waals surface area (Å²) in [4.78, 5) is 28.3. The van der Waals surface area contributed by atoms with E-state index in [1.165, 1.54) is 4.90 Å². The molecule has 4 aliphatic heterocycles. The molecule has 11 nitrogen and oxygen atoms in total. The number of rotatable bonds is 6. The summed E-state index contributed by atoms with van der Waals surface area (Å²) in [5.74, 6) is 0.394. The number of nitrogens with zero attached hydrogens (tertiary/aromatic N) is 5. The average Bonchev–Trinajstić information content (AvgIpc) is 3.47. The summed E-state index contributed by atoms with van der Waals surface area (Å²) < 4.78 is 27.8. The van der Waals surface area contributed by atoms with Crippen molar-refractivity contribution in [3.63, 3.8) is 0 Å². The number of hydrogen-bond acceptors (Lipinski definition) is 9. The second-order valence-electron chi connectivity index (χ2n) is 14.0. The van der Waals surface area contributed by atoms with Gasteiger partial charge in [-0.1, -0.05) is 17.7 Å². The monoisotopic (exact) mass is 668 g/mol. The molecule has 1 aliphatic carbocycles. The standard InChI is InChI=1S/C34H43ClFN7O4/c1-41(2)31(45)25(37)14-23-18-42(12-5-11-38-23)30-24-19-47-34(10-3-6-21-7-8-27(44)29(35)28(21)34)16-26(24)39-32(40-30)46-20-33-9-4-13-43(33)17-22(36)15-33/h7-8,14,22,37-38,44H,3-6,9-13,15-20H2,1-2H3/p+1/b23-14-,37-25?/t22-,33+,34?/m1/s1. The van der Waals surface area contributed by atoms with Gasteiger partial charge in [-0.25, -0.2) is 4.39 Å². The molecule has 3 atom stereocenters. The Morgan fingerprint density at radius 3 is 2.96 bits per heavy atom. The number of carbonyl (C=O) groups is 1. The van der Waals surface area contributed by atoms with Crippen molar-refractivity contribution >= 4 is 29.0 Å². The van der Waals surface area contributed by atoms with Crippen LogP contribution in [0.5, 0.6) is 11.8 Å². The molecule has 1 aromatic heterocycles. The molecule has 1 amide bonds. The molecule has 4 N–H and O–H groups in total. The van der Waals surface area contributed by atoms with E-state index in [2.05, 4.69) is 15.1 Å². The van der Waals surface area contributed by atoms with Crippen LogP contribution in [0.15, 0.2) is 23.9 Å². The number of fused-ring (bicyclic) bond motifs is 4. The van der Waals surface area contributed by atoms with Gasteiger partial charge < -0.3 is 29.7 Å². The lowest BCUT2D eigenvalue weighted by atomic mass is 9.74. The number of halogens is 2. The van der Waals surface area contributed by atoms with Gasteiger partial charge in [-0.15, -0.1) is 0 Å². The number of nitrogens with one attached hydrogen (secondary N) is 1. The Balaban J connectivity index is 1.26. The van der Waals surface area contributed by atoms with E-state index in [4.69, 9.17) is 36.5 Å². The normalized spacial score (nSPS) is 28.1. The predicted octanol–water partition coefficient (Wildman–Crippen LogP) is 2.86.